The molecule has 2 aromatic carbocycles. The van der Waals surface area contributed by atoms with Crippen LogP contribution in [0, 0.1) is 6.92 Å². The van der Waals surface area contributed by atoms with Crippen LogP contribution in [0.2, 0.25) is 0 Å². The molecule has 0 bridgehead atoms. The van der Waals surface area contributed by atoms with E-state index in [-0.39, 0.29) is 11.9 Å². The molecule has 0 aliphatic carbocycles. The van der Waals surface area contributed by atoms with Crippen molar-refractivity contribution in [2.45, 2.75) is 26.3 Å². The third kappa shape index (κ3) is 3.94. The van der Waals surface area contributed by atoms with Crippen molar-refractivity contribution in [1.82, 2.24) is 5.32 Å². The lowest BCUT2D eigenvalue weighted by molar-refractivity contribution is -0.121. The Bertz CT molecular complexity index is 592. The van der Waals surface area contributed by atoms with Gasteiger partial charge in [0.1, 0.15) is 0 Å². The minimum atomic E-state index is 0.0270. The summed E-state index contributed by atoms with van der Waals surface area (Å²) < 4.78 is 1.02. The number of amides is 1. The molecular weight excluding hydrogens is 314 g/mol. The summed E-state index contributed by atoms with van der Waals surface area (Å²) in [7, 11) is 0. The van der Waals surface area contributed by atoms with E-state index < -0.39 is 0 Å². The third-order valence-electron chi connectivity index (χ3n) is 3.31. The largest absolute Gasteiger partial charge is 0.349 e. The molecule has 104 valence electrons. The van der Waals surface area contributed by atoms with E-state index in [9.17, 15) is 4.79 Å². The second-order valence-electron chi connectivity index (χ2n) is 4.95. The van der Waals surface area contributed by atoms with Crippen LogP contribution in [0.4, 0.5) is 0 Å². The smallest absolute Gasteiger partial charge is 0.224 e. The Kier molecular flexibility index (Phi) is 4.96. The number of benzene rings is 2. The Balaban J connectivity index is 1.98. The molecule has 1 atom stereocenters. The lowest BCUT2D eigenvalue weighted by atomic mass is 10.0. The molecule has 0 heterocycles. The molecule has 1 unspecified atom stereocenters. The molecule has 0 aliphatic rings. The van der Waals surface area contributed by atoms with E-state index in [1.165, 1.54) is 5.56 Å². The summed E-state index contributed by atoms with van der Waals surface area (Å²) in [6.45, 7) is 4.08. The number of carbonyl (C=O) groups is 1. The fraction of sp³-hybridized carbons (Fsp3) is 0.235. The molecule has 1 N–H and O–H groups in total. The molecule has 0 fully saturated rings. The van der Waals surface area contributed by atoms with Crippen LogP contribution >= 0.6 is 15.9 Å². The Morgan fingerprint density at radius 2 is 1.80 bits per heavy atom. The number of nitrogens with one attached hydrogen (secondary N) is 1. The van der Waals surface area contributed by atoms with Gasteiger partial charge in [-0.25, -0.2) is 0 Å². The van der Waals surface area contributed by atoms with Crippen LogP contribution in [-0.4, -0.2) is 5.91 Å². The van der Waals surface area contributed by atoms with E-state index in [1.807, 2.05) is 43.3 Å². The molecular formula is C17H18BrNO. The van der Waals surface area contributed by atoms with Gasteiger partial charge in [-0.2, -0.15) is 0 Å². The molecule has 1 amide bonds. The van der Waals surface area contributed by atoms with Gasteiger partial charge in [-0.05, 0) is 42.7 Å². The van der Waals surface area contributed by atoms with Gasteiger partial charge in [0, 0.05) is 4.47 Å². The summed E-state index contributed by atoms with van der Waals surface area (Å²) in [6.07, 6.45) is 0.406. The number of halogens is 1. The summed E-state index contributed by atoms with van der Waals surface area (Å²) in [5, 5.41) is 3.05. The van der Waals surface area contributed by atoms with Gasteiger partial charge >= 0.3 is 0 Å². The molecule has 0 radical (unpaired) electrons. The minimum absolute atomic E-state index is 0.0270. The maximum absolute atomic E-state index is 12.1. The molecule has 0 spiro atoms. The standard InChI is InChI=1S/C17H18BrNO/c1-12-5-3-4-6-16(12)13(2)19-17(20)11-14-7-9-15(18)10-8-14/h3-10,13H,11H2,1-2H3,(H,19,20). The number of hydrogen-bond donors (Lipinski definition) is 1. The molecule has 2 nitrogen and oxygen atoms in total. The predicted octanol–water partition coefficient (Wildman–Crippen LogP) is 4.18. The minimum Gasteiger partial charge on any atom is -0.349 e. The zero-order valence-electron chi connectivity index (χ0n) is 11.7. The molecule has 20 heavy (non-hydrogen) atoms. The highest BCUT2D eigenvalue weighted by Gasteiger charge is 2.11. The first kappa shape index (κ1) is 14.8. The van der Waals surface area contributed by atoms with E-state index in [0.29, 0.717) is 6.42 Å². The SMILES string of the molecule is Cc1ccccc1C(C)NC(=O)Cc1ccc(Br)cc1. The van der Waals surface area contributed by atoms with E-state index in [1.54, 1.807) is 0 Å². The van der Waals surface area contributed by atoms with Crippen LogP contribution in [0.3, 0.4) is 0 Å². The van der Waals surface area contributed by atoms with Gasteiger partial charge in [0.05, 0.1) is 12.5 Å². The number of aryl methyl sites for hydroxylation is 1. The zero-order chi connectivity index (χ0) is 14.5. The highest BCUT2D eigenvalue weighted by atomic mass is 79.9. The first-order valence-corrected chi connectivity index (χ1v) is 7.45. The molecule has 0 saturated heterocycles. The van der Waals surface area contributed by atoms with Gasteiger partial charge in [0.15, 0.2) is 0 Å². The molecule has 2 aromatic rings. The first-order chi connectivity index (χ1) is 9.56. The second kappa shape index (κ2) is 6.71. The van der Waals surface area contributed by atoms with Crippen LogP contribution in [0.15, 0.2) is 53.0 Å². The number of carbonyl (C=O) groups excluding carboxylic acids is 1. The van der Waals surface area contributed by atoms with Crippen LogP contribution in [0.5, 0.6) is 0 Å². The zero-order valence-corrected chi connectivity index (χ0v) is 13.3. The lowest BCUT2D eigenvalue weighted by Crippen LogP contribution is -2.28. The molecule has 2 rings (SSSR count). The van der Waals surface area contributed by atoms with E-state index in [0.717, 1.165) is 15.6 Å². The first-order valence-electron chi connectivity index (χ1n) is 6.65. The van der Waals surface area contributed by atoms with Crippen molar-refractivity contribution in [3.8, 4) is 0 Å². The average Bonchev–Trinajstić information content (AvgIpc) is 2.41. The van der Waals surface area contributed by atoms with Crippen molar-refractivity contribution in [1.29, 1.82) is 0 Å². The van der Waals surface area contributed by atoms with Crippen molar-refractivity contribution in [2.75, 3.05) is 0 Å². The number of hydrogen-bond acceptors (Lipinski definition) is 1. The summed E-state index contributed by atoms with van der Waals surface area (Å²) in [6, 6.07) is 16.0. The fourth-order valence-corrected chi connectivity index (χ4v) is 2.49. The van der Waals surface area contributed by atoms with Gasteiger partial charge < -0.3 is 5.32 Å². The van der Waals surface area contributed by atoms with Crippen molar-refractivity contribution in [3.05, 3.63) is 69.7 Å². The third-order valence-corrected chi connectivity index (χ3v) is 3.84. The second-order valence-corrected chi connectivity index (χ2v) is 5.86. The summed E-state index contributed by atoms with van der Waals surface area (Å²) >= 11 is 3.39. The number of rotatable bonds is 4. The quantitative estimate of drug-likeness (QED) is 0.894. The molecule has 0 saturated carbocycles. The molecule has 0 aliphatic heterocycles. The Morgan fingerprint density at radius 1 is 1.15 bits per heavy atom. The summed E-state index contributed by atoms with van der Waals surface area (Å²) in [4.78, 5) is 12.1. The van der Waals surface area contributed by atoms with Gasteiger partial charge in [0.25, 0.3) is 0 Å². The highest BCUT2D eigenvalue weighted by Crippen LogP contribution is 2.17. The van der Waals surface area contributed by atoms with Crippen molar-refractivity contribution in [2.24, 2.45) is 0 Å². The van der Waals surface area contributed by atoms with Gasteiger partial charge in [0.2, 0.25) is 5.91 Å². The van der Waals surface area contributed by atoms with Crippen molar-refractivity contribution in [3.63, 3.8) is 0 Å². The van der Waals surface area contributed by atoms with E-state index in [4.69, 9.17) is 0 Å². The fourth-order valence-electron chi connectivity index (χ4n) is 2.23. The topological polar surface area (TPSA) is 29.1 Å². The van der Waals surface area contributed by atoms with Crippen molar-refractivity contribution >= 4 is 21.8 Å². The van der Waals surface area contributed by atoms with Crippen LogP contribution in [0.1, 0.15) is 29.7 Å². The highest BCUT2D eigenvalue weighted by molar-refractivity contribution is 9.10. The summed E-state index contributed by atoms with van der Waals surface area (Å²) in [5.74, 6) is 0.0445. The molecule has 0 aromatic heterocycles. The normalized spacial score (nSPS) is 11.9. The van der Waals surface area contributed by atoms with Crippen LogP contribution < -0.4 is 5.32 Å². The molecule has 3 heteroatoms. The van der Waals surface area contributed by atoms with E-state index in [2.05, 4.69) is 40.3 Å². The van der Waals surface area contributed by atoms with Gasteiger partial charge in [-0.15, -0.1) is 0 Å². The van der Waals surface area contributed by atoms with Crippen LogP contribution in [-0.2, 0) is 11.2 Å². The average molecular weight is 332 g/mol. The summed E-state index contributed by atoms with van der Waals surface area (Å²) in [5.41, 5.74) is 3.38. The Hall–Kier alpha value is -1.61. The van der Waals surface area contributed by atoms with E-state index >= 15 is 0 Å². The lowest BCUT2D eigenvalue weighted by Gasteiger charge is -2.16. The van der Waals surface area contributed by atoms with Crippen LogP contribution in [0.25, 0.3) is 0 Å². The van der Waals surface area contributed by atoms with Gasteiger partial charge in [-0.3, -0.25) is 4.79 Å². The maximum Gasteiger partial charge on any atom is 0.224 e. The van der Waals surface area contributed by atoms with Crippen molar-refractivity contribution < 1.29 is 4.79 Å². The predicted molar refractivity (Wildman–Crippen MR) is 85.6 cm³/mol. The maximum atomic E-state index is 12.1. The monoisotopic (exact) mass is 331 g/mol. The Labute approximate surface area is 128 Å². The van der Waals surface area contributed by atoms with Gasteiger partial charge in [-0.1, -0.05) is 52.3 Å². The Morgan fingerprint density at radius 3 is 2.45 bits per heavy atom.